The molecule has 22 heavy (non-hydrogen) atoms. The normalized spacial score (nSPS) is 22.4. The van der Waals surface area contributed by atoms with E-state index in [9.17, 15) is 9.59 Å². The van der Waals surface area contributed by atoms with Crippen LogP contribution in [0.15, 0.2) is 24.3 Å². The molecule has 0 unspecified atom stereocenters. The molecule has 0 bridgehead atoms. The Morgan fingerprint density at radius 1 is 1.14 bits per heavy atom. The van der Waals surface area contributed by atoms with Gasteiger partial charge < -0.3 is 20.1 Å². The summed E-state index contributed by atoms with van der Waals surface area (Å²) in [6.07, 6.45) is -0.421. The zero-order valence-corrected chi connectivity index (χ0v) is 12.2. The quantitative estimate of drug-likeness (QED) is 0.889. The van der Waals surface area contributed by atoms with Gasteiger partial charge in [-0.05, 0) is 30.7 Å². The van der Waals surface area contributed by atoms with Crippen molar-refractivity contribution in [3.63, 3.8) is 0 Å². The second kappa shape index (κ2) is 6.23. The predicted octanol–water partition coefficient (Wildman–Crippen LogP) is 0.724. The highest BCUT2D eigenvalue weighted by Crippen LogP contribution is 2.25. The number of amides is 2. The maximum Gasteiger partial charge on any atom is 0.415 e. The molecule has 0 radical (unpaired) electrons. The lowest BCUT2D eigenvalue weighted by Crippen LogP contribution is -2.32. The van der Waals surface area contributed by atoms with Gasteiger partial charge in [-0.3, -0.25) is 9.69 Å². The molecule has 2 heterocycles. The molecule has 1 aromatic rings. The average molecular weight is 305 g/mol. The number of carbonyl (C=O) groups excluding carboxylic acids is 2. The van der Waals surface area contributed by atoms with Gasteiger partial charge in [0, 0.05) is 31.1 Å². The molecule has 2 aliphatic rings. The zero-order chi connectivity index (χ0) is 15.5. The third-order valence-electron chi connectivity index (χ3n) is 3.88. The molecule has 0 aliphatic carbocycles. The third-order valence-corrected chi connectivity index (χ3v) is 3.88. The van der Waals surface area contributed by atoms with Gasteiger partial charge >= 0.3 is 6.09 Å². The maximum absolute atomic E-state index is 11.8. The van der Waals surface area contributed by atoms with Gasteiger partial charge in [0.15, 0.2) is 6.10 Å². The minimum Gasteiger partial charge on any atom is -0.434 e. The molecule has 2 fully saturated rings. The van der Waals surface area contributed by atoms with Crippen molar-refractivity contribution in [2.45, 2.75) is 12.5 Å². The molecule has 118 valence electrons. The van der Waals surface area contributed by atoms with Gasteiger partial charge in [-0.2, -0.15) is 0 Å². The van der Waals surface area contributed by atoms with E-state index in [1.54, 1.807) is 0 Å². The standard InChI is InChI=1S/C15H19N3O4/c16-14(19)13-10-18(15(20)22-13)12-4-2-11(3-5-12)17-6-1-8-21-9-7-17/h2-5,13H,1,6-10H2,(H2,16,19)/t13-/m1/s1. The van der Waals surface area contributed by atoms with E-state index in [1.807, 2.05) is 24.3 Å². The summed E-state index contributed by atoms with van der Waals surface area (Å²) in [6.45, 7) is 3.48. The van der Waals surface area contributed by atoms with Gasteiger partial charge in [0.05, 0.1) is 13.2 Å². The summed E-state index contributed by atoms with van der Waals surface area (Å²) < 4.78 is 10.4. The summed E-state index contributed by atoms with van der Waals surface area (Å²) in [5.41, 5.74) is 6.96. The molecule has 7 heteroatoms. The van der Waals surface area contributed by atoms with Gasteiger partial charge in [-0.1, -0.05) is 0 Å². The second-order valence-corrected chi connectivity index (χ2v) is 5.35. The number of primary amides is 1. The number of anilines is 2. The average Bonchev–Trinajstić information content (AvgIpc) is 2.74. The molecule has 1 aromatic carbocycles. The van der Waals surface area contributed by atoms with Crippen molar-refractivity contribution < 1.29 is 19.1 Å². The monoisotopic (exact) mass is 305 g/mol. The molecule has 2 N–H and O–H groups in total. The predicted molar refractivity (Wildman–Crippen MR) is 80.9 cm³/mol. The lowest BCUT2D eigenvalue weighted by Gasteiger charge is -2.22. The summed E-state index contributed by atoms with van der Waals surface area (Å²) in [5.74, 6) is -0.628. The number of carbonyl (C=O) groups is 2. The van der Waals surface area contributed by atoms with Crippen molar-refractivity contribution >= 4 is 23.4 Å². The number of cyclic esters (lactones) is 1. The number of ether oxygens (including phenoxy) is 2. The molecule has 0 aromatic heterocycles. The summed E-state index contributed by atoms with van der Waals surface area (Å²) >= 11 is 0. The smallest absolute Gasteiger partial charge is 0.415 e. The van der Waals surface area contributed by atoms with Crippen LogP contribution in [0.3, 0.4) is 0 Å². The molecule has 3 rings (SSSR count). The number of hydrogen-bond donors (Lipinski definition) is 1. The Hall–Kier alpha value is -2.28. The summed E-state index contributed by atoms with van der Waals surface area (Å²) in [7, 11) is 0. The van der Waals surface area contributed by atoms with E-state index in [0.29, 0.717) is 5.69 Å². The summed E-state index contributed by atoms with van der Waals surface area (Å²) in [4.78, 5) is 26.6. The minimum atomic E-state index is -0.880. The van der Waals surface area contributed by atoms with Crippen LogP contribution >= 0.6 is 0 Å². The SMILES string of the molecule is NC(=O)[C@H]1CN(c2ccc(N3CCCOCC3)cc2)C(=O)O1. The number of hydrogen-bond acceptors (Lipinski definition) is 5. The number of nitrogens with zero attached hydrogens (tertiary/aromatic N) is 2. The first kappa shape index (κ1) is 14.6. The lowest BCUT2D eigenvalue weighted by atomic mass is 10.2. The number of benzene rings is 1. The molecule has 2 aliphatic heterocycles. The van der Waals surface area contributed by atoms with Gasteiger partial charge in [0.1, 0.15) is 0 Å². The van der Waals surface area contributed by atoms with E-state index >= 15 is 0 Å². The Morgan fingerprint density at radius 2 is 1.86 bits per heavy atom. The van der Waals surface area contributed by atoms with Crippen LogP contribution in [0.25, 0.3) is 0 Å². The Labute approximate surface area is 128 Å². The van der Waals surface area contributed by atoms with Crippen LogP contribution in [0.5, 0.6) is 0 Å². The molecule has 2 amide bonds. The van der Waals surface area contributed by atoms with Crippen LogP contribution < -0.4 is 15.5 Å². The van der Waals surface area contributed by atoms with Gasteiger partial charge in [-0.25, -0.2) is 4.79 Å². The highest BCUT2D eigenvalue weighted by Gasteiger charge is 2.35. The topological polar surface area (TPSA) is 85.1 Å². The van der Waals surface area contributed by atoms with Crippen LogP contribution in [-0.4, -0.2) is 51.0 Å². The number of nitrogens with two attached hydrogens (primary N) is 1. The van der Waals surface area contributed by atoms with Gasteiger partial charge in [-0.15, -0.1) is 0 Å². The zero-order valence-electron chi connectivity index (χ0n) is 12.2. The first-order chi connectivity index (χ1) is 10.6. The molecular formula is C15H19N3O4. The van der Waals surface area contributed by atoms with Gasteiger partial charge in [0.25, 0.3) is 5.91 Å². The fraction of sp³-hybridized carbons (Fsp3) is 0.467. The van der Waals surface area contributed by atoms with Crippen LogP contribution in [0, 0.1) is 0 Å². The van der Waals surface area contributed by atoms with Crippen molar-refractivity contribution in [1.29, 1.82) is 0 Å². The number of rotatable bonds is 3. The molecule has 7 nitrogen and oxygen atoms in total. The maximum atomic E-state index is 11.8. The van der Waals surface area contributed by atoms with Crippen molar-refractivity contribution in [1.82, 2.24) is 0 Å². The first-order valence-corrected chi connectivity index (χ1v) is 7.35. The van der Waals surface area contributed by atoms with E-state index in [-0.39, 0.29) is 6.54 Å². The van der Waals surface area contributed by atoms with Crippen LogP contribution in [0.1, 0.15) is 6.42 Å². The van der Waals surface area contributed by atoms with Crippen molar-refractivity contribution in [2.24, 2.45) is 5.73 Å². The Morgan fingerprint density at radius 3 is 2.55 bits per heavy atom. The Kier molecular flexibility index (Phi) is 4.15. The van der Waals surface area contributed by atoms with Crippen LogP contribution in [-0.2, 0) is 14.3 Å². The fourth-order valence-electron chi connectivity index (χ4n) is 2.67. The molecule has 0 spiro atoms. The highest BCUT2D eigenvalue weighted by atomic mass is 16.6. The van der Waals surface area contributed by atoms with Crippen molar-refractivity contribution in [3.05, 3.63) is 24.3 Å². The van der Waals surface area contributed by atoms with Crippen LogP contribution in [0.4, 0.5) is 16.2 Å². The molecule has 1 atom stereocenters. The highest BCUT2D eigenvalue weighted by molar-refractivity contribution is 5.95. The Balaban J connectivity index is 1.71. The first-order valence-electron chi connectivity index (χ1n) is 7.35. The Bertz CT molecular complexity index is 552. The lowest BCUT2D eigenvalue weighted by molar-refractivity contribution is -0.124. The minimum absolute atomic E-state index is 0.158. The summed E-state index contributed by atoms with van der Waals surface area (Å²) in [5, 5.41) is 0. The van der Waals surface area contributed by atoms with E-state index in [1.165, 1.54) is 4.90 Å². The van der Waals surface area contributed by atoms with Crippen LogP contribution in [0.2, 0.25) is 0 Å². The molecule has 0 saturated carbocycles. The molecule has 2 saturated heterocycles. The van der Waals surface area contributed by atoms with E-state index in [4.69, 9.17) is 15.2 Å². The second-order valence-electron chi connectivity index (χ2n) is 5.35. The van der Waals surface area contributed by atoms with Crippen molar-refractivity contribution in [2.75, 3.05) is 42.6 Å². The van der Waals surface area contributed by atoms with E-state index < -0.39 is 18.1 Å². The van der Waals surface area contributed by atoms with Gasteiger partial charge in [0.2, 0.25) is 0 Å². The fourth-order valence-corrected chi connectivity index (χ4v) is 2.67. The van der Waals surface area contributed by atoms with E-state index in [2.05, 4.69) is 4.90 Å². The summed E-state index contributed by atoms with van der Waals surface area (Å²) in [6, 6.07) is 7.63. The van der Waals surface area contributed by atoms with Crippen molar-refractivity contribution in [3.8, 4) is 0 Å². The largest absolute Gasteiger partial charge is 0.434 e. The third kappa shape index (κ3) is 2.99. The molecular weight excluding hydrogens is 286 g/mol. The van der Waals surface area contributed by atoms with E-state index in [0.717, 1.165) is 38.4 Å².